The molecule has 2 rings (SSSR count). The van der Waals surface area contributed by atoms with Gasteiger partial charge in [0.05, 0.1) is 5.92 Å². The van der Waals surface area contributed by atoms with Crippen molar-refractivity contribution in [3.8, 4) is 0 Å². The fraction of sp³-hybridized carbons (Fsp3) is 0.500. The number of ketones is 1. The molecule has 1 fully saturated rings. The van der Waals surface area contributed by atoms with E-state index in [-0.39, 0.29) is 5.78 Å². The van der Waals surface area contributed by atoms with Crippen LogP contribution in [-0.4, -0.2) is 17.3 Å². The maximum absolute atomic E-state index is 13.8. The molecule has 0 saturated heterocycles. The van der Waals surface area contributed by atoms with E-state index in [0.29, 0.717) is 18.4 Å². The molecule has 1 aromatic carbocycles. The van der Waals surface area contributed by atoms with Gasteiger partial charge in [-0.05, 0) is 24.5 Å². The lowest BCUT2D eigenvalue weighted by Gasteiger charge is -2.27. The number of rotatable bonds is 4. The Labute approximate surface area is 110 Å². The van der Waals surface area contributed by atoms with Gasteiger partial charge in [0.25, 0.3) is 0 Å². The molecule has 0 N–H and O–H groups in total. The van der Waals surface area contributed by atoms with Crippen molar-refractivity contribution >= 4 is 5.78 Å². The standard InChI is InChI=1S/C14H16FNO3/c15-13-7-3-1-5-10(13)12(9-16(18)19)11-6-2-4-8-14(11)17/h1,3,5,7,11-12H,2,4,6,8-9H2/t11-,12-/m0/s1. The molecule has 0 heterocycles. The molecule has 1 saturated carbocycles. The number of halogens is 1. The second-order valence-corrected chi connectivity index (χ2v) is 4.96. The van der Waals surface area contributed by atoms with Crippen LogP contribution in [0.5, 0.6) is 0 Å². The highest BCUT2D eigenvalue weighted by molar-refractivity contribution is 5.82. The van der Waals surface area contributed by atoms with Gasteiger partial charge in [0, 0.05) is 17.3 Å². The van der Waals surface area contributed by atoms with Gasteiger partial charge in [0.1, 0.15) is 11.6 Å². The molecule has 1 aliphatic rings. The van der Waals surface area contributed by atoms with E-state index in [9.17, 15) is 19.3 Å². The summed E-state index contributed by atoms with van der Waals surface area (Å²) in [6.07, 6.45) is 2.77. The van der Waals surface area contributed by atoms with Crippen LogP contribution in [0.4, 0.5) is 4.39 Å². The van der Waals surface area contributed by atoms with Crippen LogP contribution in [-0.2, 0) is 4.79 Å². The van der Waals surface area contributed by atoms with E-state index in [2.05, 4.69) is 0 Å². The Balaban J connectivity index is 2.32. The van der Waals surface area contributed by atoms with Gasteiger partial charge in [-0.15, -0.1) is 0 Å². The summed E-state index contributed by atoms with van der Waals surface area (Å²) >= 11 is 0. The summed E-state index contributed by atoms with van der Waals surface area (Å²) in [4.78, 5) is 22.3. The summed E-state index contributed by atoms with van der Waals surface area (Å²) in [6.45, 7) is -0.392. The molecular formula is C14H16FNO3. The predicted octanol–water partition coefficient (Wildman–Crippen LogP) is 2.95. The lowest BCUT2D eigenvalue weighted by Crippen LogP contribution is -2.30. The molecule has 1 aromatic rings. The van der Waals surface area contributed by atoms with Crippen molar-refractivity contribution in [2.45, 2.75) is 31.6 Å². The van der Waals surface area contributed by atoms with Gasteiger partial charge in [-0.3, -0.25) is 14.9 Å². The number of nitro groups is 1. The highest BCUT2D eigenvalue weighted by Crippen LogP contribution is 2.35. The van der Waals surface area contributed by atoms with Crippen molar-refractivity contribution in [1.82, 2.24) is 0 Å². The zero-order valence-corrected chi connectivity index (χ0v) is 10.5. The summed E-state index contributed by atoms with van der Waals surface area (Å²) in [5, 5.41) is 10.8. The van der Waals surface area contributed by atoms with Gasteiger partial charge in [-0.1, -0.05) is 24.6 Å². The van der Waals surface area contributed by atoms with Crippen molar-refractivity contribution in [2.24, 2.45) is 5.92 Å². The van der Waals surface area contributed by atoms with E-state index >= 15 is 0 Å². The van der Waals surface area contributed by atoms with Gasteiger partial charge in [-0.25, -0.2) is 4.39 Å². The summed E-state index contributed by atoms with van der Waals surface area (Å²) in [5.41, 5.74) is 0.291. The first kappa shape index (κ1) is 13.6. The third-order valence-corrected chi connectivity index (χ3v) is 3.74. The molecule has 0 amide bonds. The first-order valence-corrected chi connectivity index (χ1v) is 6.48. The summed E-state index contributed by atoms with van der Waals surface area (Å²) in [6, 6.07) is 6.03. The van der Waals surface area contributed by atoms with Crippen molar-refractivity contribution < 1.29 is 14.1 Å². The van der Waals surface area contributed by atoms with Gasteiger partial charge >= 0.3 is 0 Å². The normalized spacial score (nSPS) is 21.1. The Morgan fingerprint density at radius 2 is 2.11 bits per heavy atom. The number of carbonyl (C=O) groups is 1. The average molecular weight is 265 g/mol. The van der Waals surface area contributed by atoms with Crippen LogP contribution in [0.15, 0.2) is 24.3 Å². The molecule has 19 heavy (non-hydrogen) atoms. The molecule has 5 heteroatoms. The van der Waals surface area contributed by atoms with Crippen LogP contribution in [0, 0.1) is 21.8 Å². The van der Waals surface area contributed by atoms with Gasteiger partial charge in [0.2, 0.25) is 6.54 Å². The third kappa shape index (κ3) is 3.16. The monoisotopic (exact) mass is 265 g/mol. The fourth-order valence-electron chi connectivity index (χ4n) is 2.81. The Hall–Kier alpha value is -1.78. The van der Waals surface area contributed by atoms with E-state index in [1.54, 1.807) is 18.2 Å². The van der Waals surface area contributed by atoms with Crippen LogP contribution in [0.2, 0.25) is 0 Å². The minimum Gasteiger partial charge on any atom is -0.299 e. The molecule has 0 spiro atoms. The molecule has 2 atom stereocenters. The number of hydrogen-bond acceptors (Lipinski definition) is 3. The minimum atomic E-state index is -0.649. The highest BCUT2D eigenvalue weighted by Gasteiger charge is 2.35. The SMILES string of the molecule is O=C1CCCC[C@H]1[C@@H](C[N+](=O)[O-])c1ccccc1F. The fourth-order valence-corrected chi connectivity index (χ4v) is 2.81. The number of Topliss-reactive ketones (excluding diaryl/α,β-unsaturated/α-hetero) is 1. The van der Waals surface area contributed by atoms with Crippen LogP contribution < -0.4 is 0 Å². The summed E-state index contributed by atoms with van der Waals surface area (Å²) in [5.74, 6) is -1.51. The molecule has 0 aromatic heterocycles. The van der Waals surface area contributed by atoms with Crippen molar-refractivity contribution in [3.05, 3.63) is 45.8 Å². The van der Waals surface area contributed by atoms with Crippen LogP contribution >= 0.6 is 0 Å². The number of carbonyl (C=O) groups excluding carboxylic acids is 1. The molecular weight excluding hydrogens is 249 g/mol. The van der Waals surface area contributed by atoms with Crippen molar-refractivity contribution in [1.29, 1.82) is 0 Å². The summed E-state index contributed by atoms with van der Waals surface area (Å²) in [7, 11) is 0. The van der Waals surface area contributed by atoms with Gasteiger partial charge in [0.15, 0.2) is 0 Å². The van der Waals surface area contributed by atoms with Crippen LogP contribution in [0.3, 0.4) is 0 Å². The van der Waals surface area contributed by atoms with Crippen molar-refractivity contribution in [3.63, 3.8) is 0 Å². The Bertz CT molecular complexity index is 489. The second kappa shape index (κ2) is 5.91. The molecule has 0 radical (unpaired) electrons. The lowest BCUT2D eigenvalue weighted by atomic mass is 9.76. The first-order chi connectivity index (χ1) is 9.09. The number of benzene rings is 1. The summed E-state index contributed by atoms with van der Waals surface area (Å²) < 4.78 is 13.8. The molecule has 1 aliphatic carbocycles. The molecule has 102 valence electrons. The molecule has 0 aliphatic heterocycles. The van der Waals surface area contributed by atoms with E-state index in [1.807, 2.05) is 0 Å². The maximum Gasteiger partial charge on any atom is 0.211 e. The van der Waals surface area contributed by atoms with Crippen LogP contribution in [0.1, 0.15) is 37.2 Å². The van der Waals surface area contributed by atoms with Gasteiger partial charge < -0.3 is 0 Å². The Kier molecular flexibility index (Phi) is 4.24. The highest BCUT2D eigenvalue weighted by atomic mass is 19.1. The lowest BCUT2D eigenvalue weighted by molar-refractivity contribution is -0.484. The zero-order chi connectivity index (χ0) is 13.8. The smallest absolute Gasteiger partial charge is 0.211 e. The van der Waals surface area contributed by atoms with Gasteiger partial charge in [-0.2, -0.15) is 0 Å². The van der Waals surface area contributed by atoms with Crippen LogP contribution in [0.25, 0.3) is 0 Å². The largest absolute Gasteiger partial charge is 0.299 e. The second-order valence-electron chi connectivity index (χ2n) is 4.96. The van der Waals surface area contributed by atoms with E-state index in [1.165, 1.54) is 6.07 Å². The number of nitrogens with zero attached hydrogens (tertiary/aromatic N) is 1. The quantitative estimate of drug-likeness (QED) is 0.621. The zero-order valence-electron chi connectivity index (χ0n) is 10.5. The number of hydrogen-bond donors (Lipinski definition) is 0. The van der Waals surface area contributed by atoms with E-state index in [4.69, 9.17) is 0 Å². The van der Waals surface area contributed by atoms with E-state index in [0.717, 1.165) is 12.8 Å². The average Bonchev–Trinajstić information content (AvgIpc) is 2.37. The first-order valence-electron chi connectivity index (χ1n) is 6.48. The predicted molar refractivity (Wildman–Crippen MR) is 68.0 cm³/mol. The molecule has 4 nitrogen and oxygen atoms in total. The topological polar surface area (TPSA) is 60.2 Å². The Morgan fingerprint density at radius 1 is 1.37 bits per heavy atom. The van der Waals surface area contributed by atoms with E-state index < -0.39 is 29.1 Å². The maximum atomic E-state index is 13.8. The molecule has 0 bridgehead atoms. The third-order valence-electron chi connectivity index (χ3n) is 3.74. The Morgan fingerprint density at radius 3 is 2.74 bits per heavy atom. The minimum absolute atomic E-state index is 0.0290. The molecule has 0 unspecified atom stereocenters. The van der Waals surface area contributed by atoms with Crippen molar-refractivity contribution in [2.75, 3.05) is 6.54 Å².